The van der Waals surface area contributed by atoms with Crippen molar-refractivity contribution in [2.45, 2.75) is 31.7 Å². The van der Waals surface area contributed by atoms with Crippen LogP contribution < -0.4 is 11.1 Å². The van der Waals surface area contributed by atoms with E-state index in [-0.39, 0.29) is 0 Å². The Morgan fingerprint density at radius 2 is 2.25 bits per heavy atom. The Balaban J connectivity index is 1.94. The third kappa shape index (κ3) is 1.52. The zero-order valence-electron chi connectivity index (χ0n) is 6.92. The molecule has 4 heteroatoms. The Morgan fingerprint density at radius 1 is 1.50 bits per heavy atom. The summed E-state index contributed by atoms with van der Waals surface area (Å²) in [5.41, 5.74) is 5.38. The first-order valence-electron chi connectivity index (χ1n) is 4.32. The van der Waals surface area contributed by atoms with Crippen LogP contribution in [0.25, 0.3) is 0 Å². The van der Waals surface area contributed by atoms with Gasteiger partial charge in [0, 0.05) is 6.04 Å². The minimum atomic E-state index is 0.371. The second-order valence-corrected chi connectivity index (χ2v) is 3.19. The predicted molar refractivity (Wildman–Crippen MR) is 46.8 cm³/mol. The SMILES string of the molecule is Nc1cnc(NC2CCCC2)o1. The van der Waals surface area contributed by atoms with Gasteiger partial charge in [0.05, 0.1) is 6.20 Å². The van der Waals surface area contributed by atoms with Crippen LogP contribution >= 0.6 is 0 Å². The zero-order valence-corrected chi connectivity index (χ0v) is 6.92. The molecule has 12 heavy (non-hydrogen) atoms. The van der Waals surface area contributed by atoms with Crippen LogP contribution in [0.4, 0.5) is 11.9 Å². The average Bonchev–Trinajstić information content (AvgIpc) is 2.63. The molecule has 0 aliphatic heterocycles. The van der Waals surface area contributed by atoms with Crippen molar-refractivity contribution in [1.82, 2.24) is 4.98 Å². The molecular weight excluding hydrogens is 154 g/mol. The molecule has 4 nitrogen and oxygen atoms in total. The standard InChI is InChI=1S/C8H13N3O/c9-7-5-10-8(12-7)11-6-3-1-2-4-6/h5-6H,1-4,9H2,(H,10,11). The highest BCUT2D eigenvalue weighted by Crippen LogP contribution is 2.22. The second-order valence-electron chi connectivity index (χ2n) is 3.19. The van der Waals surface area contributed by atoms with Crippen molar-refractivity contribution in [3.8, 4) is 0 Å². The summed E-state index contributed by atoms with van der Waals surface area (Å²) in [7, 11) is 0. The number of anilines is 2. The van der Waals surface area contributed by atoms with Crippen LogP contribution in [0.5, 0.6) is 0 Å². The van der Waals surface area contributed by atoms with E-state index in [0.717, 1.165) is 0 Å². The normalized spacial score (nSPS) is 18.3. The van der Waals surface area contributed by atoms with Gasteiger partial charge in [0.15, 0.2) is 0 Å². The predicted octanol–water partition coefficient (Wildman–Crippen LogP) is 1.61. The lowest BCUT2D eigenvalue weighted by molar-refractivity contribution is 0.573. The van der Waals surface area contributed by atoms with Gasteiger partial charge in [-0.15, -0.1) is 0 Å². The van der Waals surface area contributed by atoms with Gasteiger partial charge in [-0.2, -0.15) is 4.98 Å². The highest BCUT2D eigenvalue weighted by Gasteiger charge is 2.16. The largest absolute Gasteiger partial charge is 0.408 e. The first-order valence-corrected chi connectivity index (χ1v) is 4.32. The molecule has 1 fully saturated rings. The molecule has 1 aromatic heterocycles. The summed E-state index contributed by atoms with van der Waals surface area (Å²) in [6.07, 6.45) is 6.55. The second kappa shape index (κ2) is 3.05. The van der Waals surface area contributed by atoms with Crippen LogP contribution in [0.2, 0.25) is 0 Å². The number of hydrogen-bond acceptors (Lipinski definition) is 4. The van der Waals surface area contributed by atoms with Crippen LogP contribution in [0, 0.1) is 0 Å². The highest BCUT2D eigenvalue weighted by molar-refractivity contribution is 5.30. The van der Waals surface area contributed by atoms with Crippen LogP contribution in [-0.4, -0.2) is 11.0 Å². The molecule has 1 aliphatic carbocycles. The maximum Gasteiger partial charge on any atom is 0.296 e. The van der Waals surface area contributed by atoms with E-state index in [4.69, 9.17) is 10.2 Å². The van der Waals surface area contributed by atoms with Crippen LogP contribution in [0.3, 0.4) is 0 Å². The zero-order chi connectivity index (χ0) is 8.39. The molecule has 3 N–H and O–H groups in total. The van der Waals surface area contributed by atoms with Crippen LogP contribution in [0.1, 0.15) is 25.7 Å². The molecule has 66 valence electrons. The van der Waals surface area contributed by atoms with E-state index in [9.17, 15) is 0 Å². The number of nitrogen functional groups attached to an aromatic ring is 1. The lowest BCUT2D eigenvalue weighted by atomic mass is 10.3. The number of nitrogens with zero attached hydrogens (tertiary/aromatic N) is 1. The smallest absolute Gasteiger partial charge is 0.296 e. The lowest BCUT2D eigenvalue weighted by Crippen LogP contribution is -2.14. The van der Waals surface area contributed by atoms with Gasteiger partial charge in [-0.1, -0.05) is 12.8 Å². The maximum atomic E-state index is 5.38. The van der Waals surface area contributed by atoms with Gasteiger partial charge in [-0.25, -0.2) is 0 Å². The summed E-state index contributed by atoms with van der Waals surface area (Å²) < 4.78 is 5.10. The minimum absolute atomic E-state index is 0.371. The van der Waals surface area contributed by atoms with E-state index in [1.165, 1.54) is 31.9 Å². The molecule has 1 aliphatic rings. The Morgan fingerprint density at radius 3 is 2.83 bits per heavy atom. The van der Waals surface area contributed by atoms with Gasteiger partial charge in [0.1, 0.15) is 0 Å². The van der Waals surface area contributed by atoms with Crippen molar-refractivity contribution in [2.24, 2.45) is 0 Å². The van der Waals surface area contributed by atoms with Gasteiger partial charge < -0.3 is 15.5 Å². The third-order valence-corrected chi connectivity index (χ3v) is 2.21. The summed E-state index contributed by atoms with van der Waals surface area (Å²) >= 11 is 0. The fourth-order valence-corrected chi connectivity index (χ4v) is 1.60. The lowest BCUT2D eigenvalue weighted by Gasteiger charge is -2.07. The van der Waals surface area contributed by atoms with Crippen molar-refractivity contribution in [2.75, 3.05) is 11.1 Å². The van der Waals surface area contributed by atoms with Gasteiger partial charge in [0.2, 0.25) is 5.88 Å². The molecule has 1 heterocycles. The molecular formula is C8H13N3O. The Labute approximate surface area is 71.2 Å². The van der Waals surface area contributed by atoms with Crippen molar-refractivity contribution in [3.63, 3.8) is 0 Å². The van der Waals surface area contributed by atoms with E-state index in [2.05, 4.69) is 10.3 Å². The van der Waals surface area contributed by atoms with E-state index in [1.54, 1.807) is 0 Å². The van der Waals surface area contributed by atoms with Gasteiger partial charge >= 0.3 is 0 Å². The molecule has 0 atom stereocenters. The molecule has 0 saturated heterocycles. The van der Waals surface area contributed by atoms with Crippen molar-refractivity contribution in [3.05, 3.63) is 6.20 Å². The number of hydrogen-bond donors (Lipinski definition) is 2. The molecule has 0 radical (unpaired) electrons. The fraction of sp³-hybridized carbons (Fsp3) is 0.625. The van der Waals surface area contributed by atoms with Gasteiger partial charge in [-0.3, -0.25) is 0 Å². The average molecular weight is 167 g/mol. The number of nitrogens with two attached hydrogens (primary N) is 1. The number of oxazole rings is 1. The summed E-state index contributed by atoms with van der Waals surface area (Å²) in [6, 6.07) is 1.09. The van der Waals surface area contributed by atoms with E-state index in [0.29, 0.717) is 17.9 Å². The molecule has 0 unspecified atom stereocenters. The number of aromatic nitrogens is 1. The summed E-state index contributed by atoms with van der Waals surface area (Å²) in [6.45, 7) is 0. The molecule has 0 aromatic carbocycles. The van der Waals surface area contributed by atoms with Crippen LogP contribution in [0.15, 0.2) is 10.6 Å². The Hall–Kier alpha value is -1.19. The van der Waals surface area contributed by atoms with Crippen LogP contribution in [-0.2, 0) is 0 Å². The van der Waals surface area contributed by atoms with Crippen molar-refractivity contribution >= 4 is 11.9 Å². The van der Waals surface area contributed by atoms with Gasteiger partial charge in [0.25, 0.3) is 6.01 Å². The van der Waals surface area contributed by atoms with E-state index < -0.39 is 0 Å². The fourth-order valence-electron chi connectivity index (χ4n) is 1.60. The number of nitrogens with one attached hydrogen (secondary N) is 1. The molecule has 0 bridgehead atoms. The quantitative estimate of drug-likeness (QED) is 0.702. The maximum absolute atomic E-state index is 5.38. The first kappa shape index (κ1) is 7.46. The third-order valence-electron chi connectivity index (χ3n) is 2.21. The topological polar surface area (TPSA) is 64.1 Å². The van der Waals surface area contributed by atoms with Gasteiger partial charge in [-0.05, 0) is 12.8 Å². The monoisotopic (exact) mass is 167 g/mol. The minimum Gasteiger partial charge on any atom is -0.408 e. The summed E-state index contributed by atoms with van der Waals surface area (Å²) in [5, 5.41) is 3.20. The number of rotatable bonds is 2. The van der Waals surface area contributed by atoms with E-state index in [1.807, 2.05) is 0 Å². The van der Waals surface area contributed by atoms with Crippen molar-refractivity contribution < 1.29 is 4.42 Å². The van der Waals surface area contributed by atoms with Crippen molar-refractivity contribution in [1.29, 1.82) is 0 Å². The molecule has 0 spiro atoms. The molecule has 1 aromatic rings. The summed E-state index contributed by atoms with van der Waals surface area (Å²) in [4.78, 5) is 3.98. The first-order chi connectivity index (χ1) is 5.84. The molecule has 2 rings (SSSR count). The summed E-state index contributed by atoms with van der Waals surface area (Å²) in [5.74, 6) is 0.371. The molecule has 1 saturated carbocycles. The Bertz CT molecular complexity index is 253. The molecule has 0 amide bonds. The Kier molecular flexibility index (Phi) is 1.89. The highest BCUT2D eigenvalue weighted by atomic mass is 16.4. The van der Waals surface area contributed by atoms with E-state index >= 15 is 0 Å².